The van der Waals surface area contributed by atoms with Crippen LogP contribution in [0.15, 0.2) is 30.5 Å². The normalized spacial score (nSPS) is 25.1. The number of likely N-dealkylation sites (tertiary alicyclic amines) is 1. The van der Waals surface area contributed by atoms with Crippen molar-refractivity contribution in [2.24, 2.45) is 18.4 Å². The lowest BCUT2D eigenvalue weighted by Crippen LogP contribution is -2.60. The number of amides is 7. The van der Waals surface area contributed by atoms with Gasteiger partial charge < -0.3 is 36.0 Å². The summed E-state index contributed by atoms with van der Waals surface area (Å²) in [7, 11) is 4.51. The molecule has 0 bridgehead atoms. The first-order valence-corrected chi connectivity index (χ1v) is 22.4. The number of hydrogen-bond acceptors (Lipinski definition) is 8. The van der Waals surface area contributed by atoms with Gasteiger partial charge in [0, 0.05) is 57.3 Å². The molecule has 0 spiro atoms. The number of rotatable bonds is 11. The highest BCUT2D eigenvalue weighted by molar-refractivity contribution is 6.30. The van der Waals surface area contributed by atoms with Crippen LogP contribution in [-0.4, -0.2) is 142 Å². The minimum absolute atomic E-state index is 0.0424. The molecule has 2 aromatic rings. The largest absolute Gasteiger partial charge is 0.403 e. The summed E-state index contributed by atoms with van der Waals surface area (Å²) in [6.45, 7) is 6.19. The van der Waals surface area contributed by atoms with E-state index in [0.29, 0.717) is 39.6 Å². The van der Waals surface area contributed by atoms with Crippen LogP contribution in [0.1, 0.15) is 84.6 Å². The molecule has 0 unspecified atom stereocenters. The lowest BCUT2D eigenvalue weighted by atomic mass is 9.95. The smallest absolute Gasteiger partial charge is 0.354 e. The molecule has 3 heterocycles. The number of carbonyl (C=O) groups excluding carboxylic acids is 7. The number of carbonyl (C=O) groups is 7. The third-order valence-corrected chi connectivity index (χ3v) is 12.8. The number of nitrogens with zero attached hydrogens (tertiary/aromatic N) is 5. The second kappa shape index (κ2) is 20.9. The number of aryl methyl sites for hydroxylation is 1. The molecule has 7 atom stereocenters. The Morgan fingerprint density at radius 3 is 2.32 bits per heavy atom. The molecule has 4 N–H and O–H groups in total. The molecule has 2 aliphatic heterocycles. The van der Waals surface area contributed by atoms with E-state index < -0.39 is 121 Å². The summed E-state index contributed by atoms with van der Waals surface area (Å²) in [6.07, 6.45) is -5.71. The van der Waals surface area contributed by atoms with Crippen molar-refractivity contribution in [3.63, 3.8) is 0 Å². The minimum atomic E-state index is -4.88. The Hall–Kier alpha value is -5.27. The lowest BCUT2D eigenvalue weighted by Gasteiger charge is -2.35. The van der Waals surface area contributed by atoms with E-state index in [2.05, 4.69) is 26.4 Å². The van der Waals surface area contributed by atoms with Gasteiger partial charge in [0.2, 0.25) is 41.4 Å². The van der Waals surface area contributed by atoms with Crippen LogP contribution in [0.3, 0.4) is 0 Å². The van der Waals surface area contributed by atoms with E-state index in [1.165, 1.54) is 25.9 Å². The highest BCUT2D eigenvalue weighted by Crippen LogP contribution is 2.59. The summed E-state index contributed by atoms with van der Waals surface area (Å²) >= 11 is 6.46. The summed E-state index contributed by atoms with van der Waals surface area (Å²) in [5.41, 5.74) is -0.856. The summed E-state index contributed by atoms with van der Waals surface area (Å²) < 4.78 is 57.9. The number of nitrogens with one attached hydrogen (secondary N) is 4. The van der Waals surface area contributed by atoms with Crippen LogP contribution in [0.4, 0.5) is 17.6 Å². The van der Waals surface area contributed by atoms with Crippen molar-refractivity contribution in [2.45, 2.75) is 134 Å². The fraction of sp³-hybridized carbons (Fsp3) is 0.636. The second-order valence-corrected chi connectivity index (χ2v) is 18.3. The number of likely N-dealkylation sites (N-methyl/N-ethyl adjacent to an activating group) is 2. The van der Waals surface area contributed by atoms with Gasteiger partial charge in [0.05, 0.1) is 12.2 Å². The number of halogens is 5. The van der Waals surface area contributed by atoms with E-state index in [1.807, 2.05) is 13.8 Å². The maximum Gasteiger partial charge on any atom is 0.403 e. The Labute approximate surface area is 380 Å². The molecule has 1 aromatic heterocycles. The van der Waals surface area contributed by atoms with Crippen molar-refractivity contribution in [2.75, 3.05) is 27.2 Å². The number of aromatic nitrogens is 2. The first-order chi connectivity index (χ1) is 30.5. The quantitative estimate of drug-likeness (QED) is 0.246. The number of hydrogen-bond donors (Lipinski definition) is 4. The van der Waals surface area contributed by atoms with E-state index in [4.69, 9.17) is 11.6 Å². The molecule has 16 nitrogen and oxygen atoms in total. The van der Waals surface area contributed by atoms with Crippen LogP contribution in [0.5, 0.6) is 0 Å². The average molecular weight is 938 g/mol. The van der Waals surface area contributed by atoms with Crippen LogP contribution >= 0.6 is 11.6 Å². The number of alkyl halides is 4. The molecule has 0 radical (unpaired) electrons. The Balaban J connectivity index is 1.41. The first-order valence-electron chi connectivity index (χ1n) is 22.0. The Morgan fingerprint density at radius 2 is 1.72 bits per heavy atom. The topological polar surface area (TPSA) is 195 Å². The van der Waals surface area contributed by atoms with Gasteiger partial charge in [-0.1, -0.05) is 38.4 Å². The zero-order valence-electron chi connectivity index (χ0n) is 37.8. The van der Waals surface area contributed by atoms with Crippen molar-refractivity contribution in [1.82, 2.24) is 45.7 Å². The van der Waals surface area contributed by atoms with Gasteiger partial charge in [0.1, 0.15) is 47.8 Å². The van der Waals surface area contributed by atoms with Crippen molar-refractivity contribution in [3.05, 3.63) is 41.0 Å². The predicted octanol–water partition coefficient (Wildman–Crippen LogP) is 3.45. The molecule has 5 rings (SSSR count). The van der Waals surface area contributed by atoms with Crippen molar-refractivity contribution in [3.8, 4) is 11.3 Å². The zero-order chi connectivity index (χ0) is 48.1. The van der Waals surface area contributed by atoms with Crippen molar-refractivity contribution in [1.29, 1.82) is 0 Å². The average Bonchev–Trinajstić information content (AvgIpc) is 3.83. The Morgan fingerprint density at radius 1 is 1.03 bits per heavy atom. The summed E-state index contributed by atoms with van der Waals surface area (Å²) in [4.78, 5) is 100. The molecule has 7 amide bonds. The first kappa shape index (κ1) is 50.7. The second-order valence-electron chi connectivity index (χ2n) is 17.9. The molecule has 65 heavy (non-hydrogen) atoms. The van der Waals surface area contributed by atoms with Crippen LogP contribution in [0.25, 0.3) is 11.3 Å². The third kappa shape index (κ3) is 11.8. The summed E-state index contributed by atoms with van der Waals surface area (Å²) in [5.74, 6) is -5.80. The van der Waals surface area contributed by atoms with Crippen molar-refractivity contribution < 1.29 is 51.1 Å². The summed E-state index contributed by atoms with van der Waals surface area (Å²) in [6, 6.07) is -0.731. The Kier molecular flexibility index (Phi) is 16.3. The SMILES string of the molecule is CC[C@H](NC(=O)[C@@H]1C[C@@H](F)CN1C(=O)C1(C(F)(F)F)CC1)C(=O)N(C)[C@H]1CCCCNC(=O)[C@@H](C)NC(=O)[C@H](Cc2cc(Cl)ccc2-c2ccn(C)n2)N(C)C(=O)[C@H](CC(C)C)NC1=O. The van der Waals surface area contributed by atoms with E-state index in [-0.39, 0.29) is 38.1 Å². The monoisotopic (exact) mass is 937 g/mol. The van der Waals surface area contributed by atoms with Crippen LogP contribution < -0.4 is 21.3 Å². The molecule has 21 heteroatoms. The lowest BCUT2D eigenvalue weighted by molar-refractivity contribution is -0.199. The predicted molar refractivity (Wildman–Crippen MR) is 231 cm³/mol. The van der Waals surface area contributed by atoms with E-state index in [9.17, 15) is 51.1 Å². The van der Waals surface area contributed by atoms with Crippen LogP contribution in [-0.2, 0) is 47.0 Å². The highest BCUT2D eigenvalue weighted by atomic mass is 35.5. The van der Waals surface area contributed by atoms with Gasteiger partial charge in [-0.2, -0.15) is 18.3 Å². The fourth-order valence-electron chi connectivity index (χ4n) is 8.50. The molecular formula is C44H60ClF4N9O7. The van der Waals surface area contributed by atoms with Gasteiger partial charge in [-0.25, -0.2) is 4.39 Å². The Bertz CT molecular complexity index is 2110. The molecule has 2 saturated heterocycles. The molecule has 1 aliphatic carbocycles. The third-order valence-electron chi connectivity index (χ3n) is 12.5. The van der Waals surface area contributed by atoms with E-state index in [0.717, 1.165) is 4.90 Å². The molecule has 1 aromatic carbocycles. The molecule has 3 aliphatic rings. The van der Waals surface area contributed by atoms with Crippen molar-refractivity contribution >= 4 is 53.0 Å². The molecule has 1 saturated carbocycles. The van der Waals surface area contributed by atoms with Gasteiger partial charge in [-0.05, 0) is 81.5 Å². The zero-order valence-corrected chi connectivity index (χ0v) is 38.5. The van der Waals surface area contributed by atoms with Gasteiger partial charge in [-0.3, -0.25) is 38.2 Å². The summed E-state index contributed by atoms with van der Waals surface area (Å²) in [5, 5.41) is 15.7. The molecular weight excluding hydrogens is 878 g/mol. The van der Waals surface area contributed by atoms with Gasteiger partial charge in [0.15, 0.2) is 0 Å². The maximum atomic E-state index is 14.7. The van der Waals surface area contributed by atoms with E-state index in [1.54, 1.807) is 49.1 Å². The van der Waals surface area contributed by atoms with Gasteiger partial charge in [-0.15, -0.1) is 0 Å². The maximum absolute atomic E-state index is 14.7. The molecule has 358 valence electrons. The molecule has 3 fully saturated rings. The minimum Gasteiger partial charge on any atom is -0.354 e. The van der Waals surface area contributed by atoms with Gasteiger partial charge in [0.25, 0.3) is 0 Å². The van der Waals surface area contributed by atoms with Crippen LogP contribution in [0, 0.1) is 11.3 Å². The van der Waals surface area contributed by atoms with Crippen LogP contribution in [0.2, 0.25) is 5.02 Å². The highest BCUT2D eigenvalue weighted by Gasteiger charge is 2.70. The standard InChI is InChI=1S/C44H60ClF4N9O7/c1-8-30(52-39(62)35-22-28(46)23-58(35)42(65)43(15-16-43)44(47,48)49)40(63)56(6)33-11-9-10-17-50-36(59)25(4)51-38(61)34(57(7)41(64)32(19-24(2)3)53-37(33)60)21-26-20-27(45)12-13-29(26)31-14-18-55(5)54-31/h12-14,18,20,24-25,28,30,32-35H,8-11,15-17,19,21-23H2,1-7H3,(H,50,59)(H,51,61)(H,52,62)(H,53,60)/t25-,28-,30+,32+,33+,34+,35+/m1/s1. The van der Waals surface area contributed by atoms with E-state index >= 15 is 0 Å². The number of benzene rings is 1. The van der Waals surface area contributed by atoms with Gasteiger partial charge >= 0.3 is 6.18 Å². The fourth-order valence-corrected chi connectivity index (χ4v) is 8.69.